The van der Waals surface area contributed by atoms with Gasteiger partial charge in [0.15, 0.2) is 5.82 Å². The van der Waals surface area contributed by atoms with Crippen LogP contribution in [-0.4, -0.2) is 19.5 Å². The van der Waals surface area contributed by atoms with Gasteiger partial charge in [0.2, 0.25) is 0 Å². The van der Waals surface area contributed by atoms with E-state index < -0.39 is 0 Å². The maximum atomic E-state index is 5.19. The maximum Gasteiger partial charge on any atom is 0.160 e. The summed E-state index contributed by atoms with van der Waals surface area (Å²) in [7, 11) is 0. The third-order valence-electron chi connectivity index (χ3n) is 10.2. The summed E-state index contributed by atoms with van der Waals surface area (Å²) in [5.74, 6) is 0.699. The Morgan fingerprint density at radius 1 is 0.340 bits per heavy atom. The number of nitrogens with zero attached hydrogens (tertiary/aromatic N) is 4. The van der Waals surface area contributed by atoms with Gasteiger partial charge in [-0.2, -0.15) is 0 Å². The van der Waals surface area contributed by atoms with Crippen LogP contribution < -0.4 is 0 Å². The highest BCUT2D eigenvalue weighted by Gasteiger charge is 2.16. The fraction of sp³-hybridized carbons (Fsp3) is 0. The molecule has 0 fully saturated rings. The molecule has 4 heteroatoms. The van der Waals surface area contributed by atoms with Gasteiger partial charge in [0, 0.05) is 45.5 Å². The lowest BCUT2D eigenvalue weighted by atomic mass is 9.93. The van der Waals surface area contributed by atoms with Crippen LogP contribution in [0.1, 0.15) is 0 Å². The summed E-state index contributed by atoms with van der Waals surface area (Å²) in [6.45, 7) is 0. The molecular weight excluding hydrogens is 645 g/mol. The van der Waals surface area contributed by atoms with Crippen LogP contribution in [-0.2, 0) is 0 Å². The van der Waals surface area contributed by atoms with Crippen molar-refractivity contribution < 1.29 is 0 Å². The molecule has 10 rings (SSSR count). The molecule has 10 aromatic rings. The summed E-state index contributed by atoms with van der Waals surface area (Å²) in [6.07, 6.45) is 3.65. The Kier molecular flexibility index (Phi) is 7.43. The van der Waals surface area contributed by atoms with Gasteiger partial charge >= 0.3 is 0 Å². The molecule has 53 heavy (non-hydrogen) atoms. The van der Waals surface area contributed by atoms with Gasteiger partial charge in [-0.25, -0.2) is 9.97 Å². The number of benzene rings is 7. The number of pyridine rings is 1. The molecule has 0 unspecified atom stereocenters. The van der Waals surface area contributed by atoms with Gasteiger partial charge in [0.25, 0.3) is 0 Å². The lowest BCUT2D eigenvalue weighted by Crippen LogP contribution is -1.97. The first-order chi connectivity index (χ1) is 26.3. The Morgan fingerprint density at radius 3 is 1.53 bits per heavy atom. The Hall–Kier alpha value is -7.17. The zero-order chi connectivity index (χ0) is 35.1. The second kappa shape index (κ2) is 12.9. The first-order valence-electron chi connectivity index (χ1n) is 17.8. The van der Waals surface area contributed by atoms with Crippen LogP contribution in [0.4, 0.5) is 0 Å². The molecule has 0 atom stereocenters. The van der Waals surface area contributed by atoms with E-state index in [0.29, 0.717) is 5.82 Å². The standard InChI is InChI=1S/C49H32N4/c1-2-10-37(11-3-1)49-51-45(36-20-18-33(19-21-36)34-28-30-50-31-29-34)32-46(52-49)42-27-26-39(40-12-4-5-13-41(40)42)35-22-24-38(25-23-35)53-47-16-8-6-14-43(47)44-15-7-9-17-48(44)53/h1-32H. The quantitative estimate of drug-likeness (QED) is 0.176. The molecule has 0 aliphatic rings. The van der Waals surface area contributed by atoms with Crippen LogP contribution >= 0.6 is 0 Å². The molecule has 0 saturated carbocycles. The molecule has 3 heterocycles. The third kappa shape index (κ3) is 5.45. The summed E-state index contributed by atoms with van der Waals surface area (Å²) in [6, 6.07) is 64.3. The molecule has 4 nitrogen and oxygen atoms in total. The van der Waals surface area contributed by atoms with Gasteiger partial charge in [-0.15, -0.1) is 0 Å². The Bertz CT molecular complexity index is 2860. The number of hydrogen-bond acceptors (Lipinski definition) is 3. The predicted molar refractivity (Wildman–Crippen MR) is 219 cm³/mol. The highest BCUT2D eigenvalue weighted by Crippen LogP contribution is 2.38. The van der Waals surface area contributed by atoms with E-state index in [9.17, 15) is 0 Å². The number of aromatic nitrogens is 4. The average Bonchev–Trinajstić information content (AvgIpc) is 3.58. The average molecular weight is 677 g/mol. The molecule has 248 valence electrons. The van der Waals surface area contributed by atoms with Crippen molar-refractivity contribution >= 4 is 32.6 Å². The number of rotatable bonds is 6. The molecule has 0 N–H and O–H groups in total. The van der Waals surface area contributed by atoms with Gasteiger partial charge in [0.1, 0.15) is 0 Å². The molecule has 7 aromatic carbocycles. The van der Waals surface area contributed by atoms with E-state index in [1.165, 1.54) is 38.3 Å². The Labute approximate surface area is 307 Å². The smallest absolute Gasteiger partial charge is 0.160 e. The molecule has 0 spiro atoms. The van der Waals surface area contributed by atoms with Crippen LogP contribution in [0.2, 0.25) is 0 Å². The minimum Gasteiger partial charge on any atom is -0.309 e. The van der Waals surface area contributed by atoms with Crippen LogP contribution in [0.5, 0.6) is 0 Å². The maximum absolute atomic E-state index is 5.19. The number of para-hydroxylation sites is 2. The van der Waals surface area contributed by atoms with Crippen molar-refractivity contribution in [1.29, 1.82) is 0 Å². The lowest BCUT2D eigenvalue weighted by Gasteiger charge is -2.15. The van der Waals surface area contributed by atoms with E-state index in [0.717, 1.165) is 50.3 Å². The van der Waals surface area contributed by atoms with E-state index in [1.54, 1.807) is 0 Å². The van der Waals surface area contributed by atoms with Crippen LogP contribution in [0.25, 0.3) is 94.4 Å². The molecule has 0 bridgehead atoms. The largest absolute Gasteiger partial charge is 0.309 e. The van der Waals surface area contributed by atoms with Crippen molar-refractivity contribution in [2.24, 2.45) is 0 Å². The van der Waals surface area contributed by atoms with Crippen molar-refractivity contribution in [1.82, 2.24) is 19.5 Å². The Morgan fingerprint density at radius 2 is 0.849 bits per heavy atom. The van der Waals surface area contributed by atoms with Crippen molar-refractivity contribution in [3.8, 4) is 61.8 Å². The molecule has 0 radical (unpaired) electrons. The SMILES string of the molecule is c1ccc(-c2nc(-c3ccc(-c4ccncc4)cc3)cc(-c3ccc(-c4ccc(-n5c6ccccc6c6ccccc65)cc4)c4ccccc34)n2)cc1. The summed E-state index contributed by atoms with van der Waals surface area (Å²) in [5, 5.41) is 4.85. The summed E-state index contributed by atoms with van der Waals surface area (Å²) in [4.78, 5) is 14.4. The minimum absolute atomic E-state index is 0.699. The summed E-state index contributed by atoms with van der Waals surface area (Å²) >= 11 is 0. The van der Waals surface area contributed by atoms with Crippen LogP contribution in [0.15, 0.2) is 194 Å². The van der Waals surface area contributed by atoms with Crippen molar-refractivity contribution in [2.45, 2.75) is 0 Å². The molecule has 0 amide bonds. The topological polar surface area (TPSA) is 43.6 Å². The molecule has 3 aromatic heterocycles. The zero-order valence-corrected chi connectivity index (χ0v) is 28.8. The van der Waals surface area contributed by atoms with Gasteiger partial charge in [0.05, 0.1) is 22.4 Å². The second-order valence-corrected chi connectivity index (χ2v) is 13.3. The lowest BCUT2D eigenvalue weighted by molar-refractivity contribution is 1.18. The molecular formula is C49H32N4. The monoisotopic (exact) mass is 676 g/mol. The van der Waals surface area contributed by atoms with E-state index in [-0.39, 0.29) is 0 Å². The molecule has 0 aliphatic carbocycles. The molecule has 0 saturated heterocycles. The van der Waals surface area contributed by atoms with E-state index >= 15 is 0 Å². The first-order valence-corrected chi connectivity index (χ1v) is 17.8. The van der Waals surface area contributed by atoms with E-state index in [2.05, 4.69) is 161 Å². The third-order valence-corrected chi connectivity index (χ3v) is 10.2. The minimum atomic E-state index is 0.699. The van der Waals surface area contributed by atoms with Crippen LogP contribution in [0, 0.1) is 0 Å². The van der Waals surface area contributed by atoms with Crippen molar-refractivity contribution in [3.63, 3.8) is 0 Å². The zero-order valence-electron chi connectivity index (χ0n) is 28.8. The highest BCUT2D eigenvalue weighted by molar-refractivity contribution is 6.09. The first kappa shape index (κ1) is 30.6. The Balaban J connectivity index is 1.07. The highest BCUT2D eigenvalue weighted by atomic mass is 15.0. The predicted octanol–water partition coefficient (Wildman–Crippen LogP) is 12.5. The second-order valence-electron chi connectivity index (χ2n) is 13.3. The fourth-order valence-corrected chi connectivity index (χ4v) is 7.59. The van der Waals surface area contributed by atoms with Gasteiger partial charge < -0.3 is 4.57 Å². The fourth-order valence-electron chi connectivity index (χ4n) is 7.59. The summed E-state index contributed by atoms with van der Waals surface area (Å²) in [5.41, 5.74) is 13.0. The number of hydrogen-bond donors (Lipinski definition) is 0. The van der Waals surface area contributed by atoms with Crippen molar-refractivity contribution in [2.75, 3.05) is 0 Å². The van der Waals surface area contributed by atoms with Gasteiger partial charge in [-0.1, -0.05) is 140 Å². The normalized spacial score (nSPS) is 11.4. The van der Waals surface area contributed by atoms with E-state index in [1.807, 2.05) is 42.7 Å². The number of fused-ring (bicyclic) bond motifs is 4. The van der Waals surface area contributed by atoms with Crippen LogP contribution in [0.3, 0.4) is 0 Å². The van der Waals surface area contributed by atoms with Crippen molar-refractivity contribution in [3.05, 3.63) is 194 Å². The van der Waals surface area contributed by atoms with Gasteiger partial charge in [-0.05, 0) is 75.5 Å². The van der Waals surface area contributed by atoms with E-state index in [4.69, 9.17) is 9.97 Å². The molecule has 0 aliphatic heterocycles. The van der Waals surface area contributed by atoms with Gasteiger partial charge in [-0.3, -0.25) is 4.98 Å². The summed E-state index contributed by atoms with van der Waals surface area (Å²) < 4.78 is 2.36.